The lowest BCUT2D eigenvalue weighted by molar-refractivity contribution is -0.138. The van der Waals surface area contributed by atoms with E-state index >= 15 is 0 Å². The van der Waals surface area contributed by atoms with E-state index in [1.807, 2.05) is 13.8 Å². The number of hydrogen-bond donors (Lipinski definition) is 1. The molecule has 1 unspecified atom stereocenters. The second-order valence-corrected chi connectivity index (χ2v) is 6.18. The van der Waals surface area contributed by atoms with Crippen LogP contribution in [0.2, 0.25) is 0 Å². The van der Waals surface area contributed by atoms with Gasteiger partial charge in [-0.15, -0.1) is 0 Å². The summed E-state index contributed by atoms with van der Waals surface area (Å²) in [4.78, 5) is 20.4. The number of hydrogen-bond acceptors (Lipinski definition) is 3. The summed E-state index contributed by atoms with van der Waals surface area (Å²) >= 11 is 0. The number of aryl methyl sites for hydroxylation is 2. The van der Waals surface area contributed by atoms with Gasteiger partial charge in [0.25, 0.3) is 0 Å². The standard InChI is InChI=1S/C16H24N2O2/c1-9-5-7-13(8-6-9)15-17-11(3)14(12(4)18-15)10(2)16(19)20/h9-10,13H,5-8H2,1-4H3,(H,19,20). The number of carboxylic acid groups (broad SMARTS) is 1. The van der Waals surface area contributed by atoms with Gasteiger partial charge in [-0.1, -0.05) is 19.8 Å². The van der Waals surface area contributed by atoms with E-state index < -0.39 is 11.9 Å². The number of aromatic nitrogens is 2. The molecular weight excluding hydrogens is 252 g/mol. The van der Waals surface area contributed by atoms with Crippen molar-refractivity contribution in [1.82, 2.24) is 9.97 Å². The molecule has 1 aromatic heterocycles. The van der Waals surface area contributed by atoms with Crippen molar-refractivity contribution in [2.24, 2.45) is 5.92 Å². The molecule has 1 atom stereocenters. The predicted octanol–water partition coefficient (Wildman–Crippen LogP) is 3.58. The van der Waals surface area contributed by atoms with Crippen LogP contribution in [0, 0.1) is 19.8 Å². The third-order valence-electron chi connectivity index (χ3n) is 4.53. The van der Waals surface area contributed by atoms with Crippen LogP contribution in [0.15, 0.2) is 0 Å². The number of carbonyl (C=O) groups is 1. The lowest BCUT2D eigenvalue weighted by Gasteiger charge is -2.26. The highest BCUT2D eigenvalue weighted by atomic mass is 16.4. The maximum Gasteiger partial charge on any atom is 0.310 e. The van der Waals surface area contributed by atoms with Gasteiger partial charge in [0.1, 0.15) is 5.82 Å². The van der Waals surface area contributed by atoms with E-state index in [1.54, 1.807) is 6.92 Å². The highest BCUT2D eigenvalue weighted by molar-refractivity contribution is 5.76. The molecule has 1 fully saturated rings. The fraction of sp³-hybridized carbons (Fsp3) is 0.688. The molecule has 0 saturated heterocycles. The summed E-state index contributed by atoms with van der Waals surface area (Å²) < 4.78 is 0. The zero-order valence-corrected chi connectivity index (χ0v) is 12.8. The fourth-order valence-electron chi connectivity index (χ4n) is 3.20. The minimum absolute atomic E-state index is 0.442. The van der Waals surface area contributed by atoms with Crippen LogP contribution in [0.3, 0.4) is 0 Å². The summed E-state index contributed by atoms with van der Waals surface area (Å²) in [6.45, 7) is 7.80. The first-order chi connectivity index (χ1) is 9.40. The molecule has 0 radical (unpaired) electrons. The molecule has 4 heteroatoms. The molecule has 4 nitrogen and oxygen atoms in total. The smallest absolute Gasteiger partial charge is 0.310 e. The molecule has 1 aromatic rings. The van der Waals surface area contributed by atoms with Gasteiger partial charge in [-0.05, 0) is 39.5 Å². The SMILES string of the molecule is Cc1nc(C2CCC(C)CC2)nc(C)c1C(C)C(=O)O. The molecule has 0 spiro atoms. The average molecular weight is 276 g/mol. The maximum absolute atomic E-state index is 11.2. The van der Waals surface area contributed by atoms with E-state index in [4.69, 9.17) is 0 Å². The summed E-state index contributed by atoms with van der Waals surface area (Å²) in [6, 6.07) is 0. The van der Waals surface area contributed by atoms with Crippen LogP contribution in [-0.4, -0.2) is 21.0 Å². The molecule has 0 aromatic carbocycles. The summed E-state index contributed by atoms with van der Waals surface area (Å²) in [5.41, 5.74) is 2.41. The van der Waals surface area contributed by atoms with Gasteiger partial charge in [-0.25, -0.2) is 9.97 Å². The molecule has 1 aliphatic rings. The molecule has 1 heterocycles. The van der Waals surface area contributed by atoms with Crippen LogP contribution in [0.1, 0.15) is 74.1 Å². The minimum atomic E-state index is -0.820. The highest BCUT2D eigenvalue weighted by Gasteiger charge is 2.25. The number of carboxylic acids is 1. The Balaban J connectivity index is 2.28. The molecular formula is C16H24N2O2. The zero-order chi connectivity index (χ0) is 14.9. The number of nitrogens with zero attached hydrogens (tertiary/aromatic N) is 2. The van der Waals surface area contributed by atoms with E-state index in [-0.39, 0.29) is 0 Å². The molecule has 2 rings (SSSR count). The molecule has 0 aliphatic heterocycles. The van der Waals surface area contributed by atoms with Gasteiger partial charge < -0.3 is 5.11 Å². The van der Waals surface area contributed by atoms with Crippen LogP contribution in [0.5, 0.6) is 0 Å². The van der Waals surface area contributed by atoms with Gasteiger partial charge in [0.05, 0.1) is 5.92 Å². The molecule has 0 amide bonds. The minimum Gasteiger partial charge on any atom is -0.481 e. The molecule has 1 aliphatic carbocycles. The van der Waals surface area contributed by atoms with Gasteiger partial charge >= 0.3 is 5.97 Å². The predicted molar refractivity (Wildman–Crippen MR) is 77.9 cm³/mol. The van der Waals surface area contributed by atoms with Crippen molar-refractivity contribution >= 4 is 5.97 Å². The van der Waals surface area contributed by atoms with Crippen molar-refractivity contribution in [3.05, 3.63) is 22.8 Å². The molecule has 110 valence electrons. The Morgan fingerprint density at radius 2 is 1.65 bits per heavy atom. The number of rotatable bonds is 3. The first-order valence-corrected chi connectivity index (χ1v) is 7.48. The Kier molecular flexibility index (Phi) is 4.41. The van der Waals surface area contributed by atoms with Gasteiger partial charge in [0.15, 0.2) is 0 Å². The quantitative estimate of drug-likeness (QED) is 0.916. The largest absolute Gasteiger partial charge is 0.481 e. The Morgan fingerprint density at radius 1 is 1.15 bits per heavy atom. The van der Waals surface area contributed by atoms with Crippen LogP contribution in [0.4, 0.5) is 0 Å². The third-order valence-corrected chi connectivity index (χ3v) is 4.53. The van der Waals surface area contributed by atoms with Gasteiger partial charge in [0, 0.05) is 22.9 Å². The Hall–Kier alpha value is -1.45. The number of aliphatic carboxylic acids is 1. The molecule has 1 saturated carbocycles. The summed E-state index contributed by atoms with van der Waals surface area (Å²) in [5, 5.41) is 9.18. The second kappa shape index (κ2) is 5.90. The van der Waals surface area contributed by atoms with Gasteiger partial charge in [0.2, 0.25) is 0 Å². The Morgan fingerprint density at radius 3 is 2.10 bits per heavy atom. The van der Waals surface area contributed by atoms with E-state index in [0.717, 1.165) is 41.5 Å². The van der Waals surface area contributed by atoms with Crippen molar-refractivity contribution in [3.8, 4) is 0 Å². The normalized spacial score (nSPS) is 24.4. The van der Waals surface area contributed by atoms with Gasteiger partial charge in [-0.3, -0.25) is 4.79 Å². The lowest BCUT2D eigenvalue weighted by atomic mass is 9.82. The summed E-state index contributed by atoms with van der Waals surface area (Å²) in [7, 11) is 0. The molecule has 0 bridgehead atoms. The monoisotopic (exact) mass is 276 g/mol. The summed E-state index contributed by atoms with van der Waals surface area (Å²) in [6.07, 6.45) is 4.76. The average Bonchev–Trinajstić information content (AvgIpc) is 2.38. The van der Waals surface area contributed by atoms with Crippen LogP contribution in [0.25, 0.3) is 0 Å². The van der Waals surface area contributed by atoms with Crippen molar-refractivity contribution in [2.75, 3.05) is 0 Å². The fourth-order valence-corrected chi connectivity index (χ4v) is 3.20. The topological polar surface area (TPSA) is 63.1 Å². The molecule has 1 N–H and O–H groups in total. The highest BCUT2D eigenvalue weighted by Crippen LogP contribution is 2.35. The zero-order valence-electron chi connectivity index (χ0n) is 12.8. The lowest BCUT2D eigenvalue weighted by Crippen LogP contribution is -2.18. The Labute approximate surface area is 120 Å². The Bertz CT molecular complexity index is 482. The van der Waals surface area contributed by atoms with Gasteiger partial charge in [-0.2, -0.15) is 0 Å². The van der Waals surface area contributed by atoms with Crippen LogP contribution in [-0.2, 0) is 4.79 Å². The molecule has 20 heavy (non-hydrogen) atoms. The van der Waals surface area contributed by atoms with E-state index in [2.05, 4.69) is 16.9 Å². The first-order valence-electron chi connectivity index (χ1n) is 7.48. The van der Waals surface area contributed by atoms with Crippen LogP contribution >= 0.6 is 0 Å². The second-order valence-electron chi connectivity index (χ2n) is 6.18. The maximum atomic E-state index is 11.2. The first kappa shape index (κ1) is 14.9. The van der Waals surface area contributed by atoms with Crippen molar-refractivity contribution in [1.29, 1.82) is 0 Å². The van der Waals surface area contributed by atoms with Crippen LogP contribution < -0.4 is 0 Å². The van der Waals surface area contributed by atoms with Crippen molar-refractivity contribution in [2.45, 2.75) is 65.2 Å². The van der Waals surface area contributed by atoms with E-state index in [0.29, 0.717) is 5.92 Å². The summed E-state index contributed by atoms with van der Waals surface area (Å²) in [5.74, 6) is 0.792. The van der Waals surface area contributed by atoms with Crippen molar-refractivity contribution < 1.29 is 9.90 Å². The van der Waals surface area contributed by atoms with E-state index in [1.165, 1.54) is 12.8 Å². The van der Waals surface area contributed by atoms with E-state index in [9.17, 15) is 9.90 Å². The third kappa shape index (κ3) is 3.00. The van der Waals surface area contributed by atoms with Crippen molar-refractivity contribution in [3.63, 3.8) is 0 Å².